The number of nitrogens with zero attached hydrogens (tertiary/aromatic N) is 1. The third kappa shape index (κ3) is 4.89. The maximum absolute atomic E-state index is 3.38. The van der Waals surface area contributed by atoms with Gasteiger partial charge in [0.2, 0.25) is 0 Å². The molecule has 1 unspecified atom stereocenters. The highest BCUT2D eigenvalue weighted by Crippen LogP contribution is 2.12. The van der Waals surface area contributed by atoms with Crippen molar-refractivity contribution in [2.75, 3.05) is 38.5 Å². The Labute approximate surface area is 86.5 Å². The van der Waals surface area contributed by atoms with Crippen LogP contribution in [0.4, 0.5) is 0 Å². The number of rotatable bonds is 5. The van der Waals surface area contributed by atoms with Crippen molar-refractivity contribution in [2.45, 2.75) is 25.5 Å². The van der Waals surface area contributed by atoms with E-state index in [0.717, 1.165) is 5.25 Å². The van der Waals surface area contributed by atoms with E-state index < -0.39 is 0 Å². The van der Waals surface area contributed by atoms with E-state index in [4.69, 9.17) is 0 Å². The molecule has 3 heteroatoms. The van der Waals surface area contributed by atoms with E-state index in [-0.39, 0.29) is 0 Å². The molecule has 0 aromatic rings. The van der Waals surface area contributed by atoms with E-state index in [0.29, 0.717) is 0 Å². The molecule has 2 nitrogen and oxygen atoms in total. The van der Waals surface area contributed by atoms with E-state index >= 15 is 0 Å². The molecule has 0 aliphatic carbocycles. The minimum atomic E-state index is 0.804. The van der Waals surface area contributed by atoms with E-state index in [1.165, 1.54) is 44.9 Å². The molecule has 1 heterocycles. The summed E-state index contributed by atoms with van der Waals surface area (Å²) < 4.78 is 0. The van der Waals surface area contributed by atoms with Crippen LogP contribution >= 0.6 is 11.8 Å². The van der Waals surface area contributed by atoms with Gasteiger partial charge >= 0.3 is 0 Å². The highest BCUT2D eigenvalue weighted by Gasteiger charge is 2.12. The lowest BCUT2D eigenvalue weighted by Crippen LogP contribution is -2.45. The lowest BCUT2D eigenvalue weighted by Gasteiger charge is -2.29. The Morgan fingerprint density at radius 2 is 2.08 bits per heavy atom. The van der Waals surface area contributed by atoms with Crippen LogP contribution in [0.3, 0.4) is 0 Å². The van der Waals surface area contributed by atoms with Crippen molar-refractivity contribution in [1.82, 2.24) is 10.2 Å². The number of hydrogen-bond acceptors (Lipinski definition) is 3. The highest BCUT2D eigenvalue weighted by molar-refractivity contribution is 7.99. The Balaban J connectivity index is 2.07. The fraction of sp³-hybridized carbons (Fsp3) is 1.00. The zero-order chi connectivity index (χ0) is 9.52. The molecule has 78 valence electrons. The van der Waals surface area contributed by atoms with Gasteiger partial charge in [0, 0.05) is 38.0 Å². The van der Waals surface area contributed by atoms with Crippen molar-refractivity contribution in [3.8, 4) is 0 Å². The zero-order valence-corrected chi connectivity index (χ0v) is 9.70. The molecular weight excluding hydrogens is 180 g/mol. The van der Waals surface area contributed by atoms with E-state index in [9.17, 15) is 0 Å². The van der Waals surface area contributed by atoms with Crippen molar-refractivity contribution in [3.63, 3.8) is 0 Å². The molecule has 0 radical (unpaired) electrons. The fourth-order valence-corrected chi connectivity index (χ4v) is 2.58. The van der Waals surface area contributed by atoms with Gasteiger partial charge in [0.1, 0.15) is 0 Å². The summed E-state index contributed by atoms with van der Waals surface area (Å²) in [7, 11) is 0. The average Bonchev–Trinajstić information content (AvgIpc) is 2.16. The highest BCUT2D eigenvalue weighted by atomic mass is 32.2. The molecule has 0 spiro atoms. The van der Waals surface area contributed by atoms with Gasteiger partial charge in [-0.25, -0.2) is 0 Å². The molecule has 1 rings (SSSR count). The average molecular weight is 202 g/mol. The van der Waals surface area contributed by atoms with Crippen LogP contribution in [0, 0.1) is 0 Å². The molecule has 0 aromatic carbocycles. The Kier molecular flexibility index (Phi) is 5.83. The van der Waals surface area contributed by atoms with Gasteiger partial charge in [0.15, 0.2) is 0 Å². The van der Waals surface area contributed by atoms with Crippen LogP contribution in [0.25, 0.3) is 0 Å². The first-order valence-electron chi connectivity index (χ1n) is 5.37. The van der Waals surface area contributed by atoms with Crippen LogP contribution in [0.5, 0.6) is 0 Å². The van der Waals surface area contributed by atoms with Crippen LogP contribution in [0.1, 0.15) is 20.3 Å². The second-order valence-electron chi connectivity index (χ2n) is 3.73. The van der Waals surface area contributed by atoms with E-state index in [1.54, 1.807) is 0 Å². The SMILES string of the molecule is CCCSC(C)CN1CCNCC1. The van der Waals surface area contributed by atoms with E-state index in [1.807, 2.05) is 0 Å². The minimum Gasteiger partial charge on any atom is -0.314 e. The molecule has 1 saturated heterocycles. The minimum absolute atomic E-state index is 0.804. The summed E-state index contributed by atoms with van der Waals surface area (Å²) in [5, 5.41) is 4.19. The zero-order valence-electron chi connectivity index (χ0n) is 8.88. The number of piperazine rings is 1. The number of nitrogens with one attached hydrogen (secondary N) is 1. The Hall–Kier alpha value is 0.270. The first kappa shape index (κ1) is 11.3. The fourth-order valence-electron chi connectivity index (χ4n) is 1.63. The molecule has 0 amide bonds. The topological polar surface area (TPSA) is 15.3 Å². The summed E-state index contributed by atoms with van der Waals surface area (Å²) in [6.45, 7) is 10.7. The number of hydrogen-bond donors (Lipinski definition) is 1. The Bertz CT molecular complexity index is 124. The normalized spacial score (nSPS) is 21.7. The van der Waals surface area contributed by atoms with Crippen LogP contribution in [0.2, 0.25) is 0 Å². The Morgan fingerprint density at radius 3 is 2.69 bits per heavy atom. The Morgan fingerprint density at radius 1 is 1.38 bits per heavy atom. The van der Waals surface area contributed by atoms with Crippen LogP contribution in [-0.4, -0.2) is 48.6 Å². The second-order valence-corrected chi connectivity index (χ2v) is 5.28. The molecule has 1 N–H and O–H groups in total. The third-order valence-corrected chi connectivity index (χ3v) is 3.69. The summed E-state index contributed by atoms with van der Waals surface area (Å²) in [6, 6.07) is 0. The molecule has 1 fully saturated rings. The molecule has 1 atom stereocenters. The second kappa shape index (κ2) is 6.68. The maximum atomic E-state index is 3.38. The molecule has 0 saturated carbocycles. The quantitative estimate of drug-likeness (QED) is 0.726. The van der Waals surface area contributed by atoms with Crippen molar-refractivity contribution in [3.05, 3.63) is 0 Å². The van der Waals surface area contributed by atoms with Crippen molar-refractivity contribution in [2.24, 2.45) is 0 Å². The predicted octanol–water partition coefficient (Wildman–Crippen LogP) is 1.42. The van der Waals surface area contributed by atoms with Crippen LogP contribution in [-0.2, 0) is 0 Å². The van der Waals surface area contributed by atoms with Gasteiger partial charge in [-0.2, -0.15) is 11.8 Å². The molecule has 13 heavy (non-hydrogen) atoms. The summed E-state index contributed by atoms with van der Waals surface area (Å²) in [4.78, 5) is 2.57. The predicted molar refractivity (Wildman–Crippen MR) is 61.5 cm³/mol. The van der Waals surface area contributed by atoms with E-state index in [2.05, 4.69) is 35.8 Å². The van der Waals surface area contributed by atoms with Gasteiger partial charge in [0.25, 0.3) is 0 Å². The van der Waals surface area contributed by atoms with Crippen LogP contribution in [0.15, 0.2) is 0 Å². The summed E-state index contributed by atoms with van der Waals surface area (Å²) >= 11 is 2.11. The van der Waals surface area contributed by atoms with Crippen molar-refractivity contribution >= 4 is 11.8 Å². The van der Waals surface area contributed by atoms with Gasteiger partial charge in [-0.3, -0.25) is 4.90 Å². The third-order valence-electron chi connectivity index (χ3n) is 2.33. The maximum Gasteiger partial charge on any atom is 0.0146 e. The molecule has 0 bridgehead atoms. The molecule has 1 aliphatic heterocycles. The lowest BCUT2D eigenvalue weighted by molar-refractivity contribution is 0.244. The van der Waals surface area contributed by atoms with Gasteiger partial charge in [-0.1, -0.05) is 13.8 Å². The lowest BCUT2D eigenvalue weighted by atomic mass is 10.3. The molecule has 0 aromatic heterocycles. The van der Waals surface area contributed by atoms with Crippen molar-refractivity contribution < 1.29 is 0 Å². The van der Waals surface area contributed by atoms with Gasteiger partial charge in [0.05, 0.1) is 0 Å². The summed E-state index contributed by atoms with van der Waals surface area (Å²) in [5.41, 5.74) is 0. The smallest absolute Gasteiger partial charge is 0.0146 e. The summed E-state index contributed by atoms with van der Waals surface area (Å²) in [6.07, 6.45) is 1.30. The summed E-state index contributed by atoms with van der Waals surface area (Å²) in [5.74, 6) is 1.31. The van der Waals surface area contributed by atoms with Gasteiger partial charge < -0.3 is 5.32 Å². The monoisotopic (exact) mass is 202 g/mol. The first-order chi connectivity index (χ1) is 6.33. The van der Waals surface area contributed by atoms with Gasteiger partial charge in [-0.05, 0) is 12.2 Å². The molecular formula is C10H22N2S. The standard InChI is InChI=1S/C10H22N2S/c1-3-8-13-10(2)9-12-6-4-11-5-7-12/h10-11H,3-9H2,1-2H3. The molecule has 1 aliphatic rings. The largest absolute Gasteiger partial charge is 0.314 e. The first-order valence-corrected chi connectivity index (χ1v) is 6.42. The number of thioether (sulfide) groups is 1. The van der Waals surface area contributed by atoms with Crippen molar-refractivity contribution in [1.29, 1.82) is 0 Å². The van der Waals surface area contributed by atoms with Gasteiger partial charge in [-0.15, -0.1) is 0 Å². The van der Waals surface area contributed by atoms with Crippen LogP contribution < -0.4 is 5.32 Å².